The number of carboxylic acid groups (broad SMARTS) is 1. The predicted molar refractivity (Wildman–Crippen MR) is 62.0 cm³/mol. The van der Waals surface area contributed by atoms with Crippen LogP contribution in [0.3, 0.4) is 0 Å². The number of carboxylic acids is 1. The van der Waals surface area contributed by atoms with Gasteiger partial charge in [0.2, 0.25) is 0 Å². The molecule has 2 N–H and O–H groups in total. The van der Waals surface area contributed by atoms with Gasteiger partial charge >= 0.3 is 5.97 Å². The molecule has 0 unspecified atom stereocenters. The number of fused-ring (bicyclic) bond motifs is 1. The van der Waals surface area contributed by atoms with Crippen LogP contribution < -0.4 is 14.8 Å². The SMILES string of the molecule is O=C(O)CCNC(=O)c1cccc2c1OCCO2. The summed E-state index contributed by atoms with van der Waals surface area (Å²) >= 11 is 0. The summed E-state index contributed by atoms with van der Waals surface area (Å²) in [6.45, 7) is 0.933. The summed E-state index contributed by atoms with van der Waals surface area (Å²) in [4.78, 5) is 22.2. The number of rotatable bonds is 4. The molecule has 0 atom stereocenters. The second-order valence-electron chi connectivity index (χ2n) is 3.73. The predicted octanol–water partition coefficient (Wildman–Crippen LogP) is 0.662. The molecule has 0 radical (unpaired) electrons. The molecular weight excluding hydrogens is 238 g/mol. The van der Waals surface area contributed by atoms with Gasteiger partial charge in [0, 0.05) is 6.54 Å². The van der Waals surface area contributed by atoms with Gasteiger partial charge in [-0.15, -0.1) is 0 Å². The molecule has 6 nitrogen and oxygen atoms in total. The molecule has 18 heavy (non-hydrogen) atoms. The lowest BCUT2D eigenvalue weighted by Crippen LogP contribution is -2.27. The van der Waals surface area contributed by atoms with E-state index in [1.165, 1.54) is 0 Å². The third-order valence-electron chi connectivity index (χ3n) is 2.44. The summed E-state index contributed by atoms with van der Waals surface area (Å²) in [5, 5.41) is 11.0. The monoisotopic (exact) mass is 251 g/mol. The van der Waals surface area contributed by atoms with E-state index in [0.717, 1.165) is 0 Å². The fraction of sp³-hybridized carbons (Fsp3) is 0.333. The minimum Gasteiger partial charge on any atom is -0.486 e. The lowest BCUT2D eigenvalue weighted by Gasteiger charge is -2.20. The van der Waals surface area contributed by atoms with Crippen LogP contribution in [0.5, 0.6) is 11.5 Å². The Labute approximate surface area is 104 Å². The Kier molecular flexibility index (Phi) is 3.66. The summed E-state index contributed by atoms with van der Waals surface area (Å²) in [6, 6.07) is 5.03. The van der Waals surface area contributed by atoms with Crippen LogP contribution in [0, 0.1) is 0 Å². The molecule has 1 aromatic carbocycles. The molecule has 6 heteroatoms. The number of benzene rings is 1. The van der Waals surface area contributed by atoms with E-state index in [4.69, 9.17) is 14.6 Å². The van der Waals surface area contributed by atoms with Gasteiger partial charge in [-0.1, -0.05) is 6.07 Å². The Morgan fingerprint density at radius 2 is 2.06 bits per heavy atom. The highest BCUT2D eigenvalue weighted by molar-refractivity contribution is 5.98. The smallest absolute Gasteiger partial charge is 0.305 e. The molecule has 1 amide bonds. The lowest BCUT2D eigenvalue weighted by atomic mass is 10.1. The third-order valence-corrected chi connectivity index (χ3v) is 2.44. The van der Waals surface area contributed by atoms with Gasteiger partial charge in [-0.2, -0.15) is 0 Å². The number of ether oxygens (including phenoxy) is 2. The second-order valence-corrected chi connectivity index (χ2v) is 3.73. The Bertz CT molecular complexity index is 472. The van der Waals surface area contributed by atoms with Gasteiger partial charge in [-0.05, 0) is 12.1 Å². The van der Waals surface area contributed by atoms with Crippen LogP contribution in [-0.2, 0) is 4.79 Å². The van der Waals surface area contributed by atoms with Crippen molar-refractivity contribution in [3.8, 4) is 11.5 Å². The molecule has 0 saturated carbocycles. The molecule has 96 valence electrons. The first-order valence-electron chi connectivity index (χ1n) is 5.57. The molecule has 0 aromatic heterocycles. The molecule has 0 saturated heterocycles. The molecule has 1 aliphatic rings. The zero-order valence-electron chi connectivity index (χ0n) is 9.64. The highest BCUT2D eigenvalue weighted by Crippen LogP contribution is 2.33. The van der Waals surface area contributed by atoms with Crippen molar-refractivity contribution in [2.24, 2.45) is 0 Å². The molecule has 1 aliphatic heterocycles. The maximum absolute atomic E-state index is 11.9. The summed E-state index contributed by atoms with van der Waals surface area (Å²) in [7, 11) is 0. The molecule has 1 aromatic rings. The van der Waals surface area contributed by atoms with E-state index >= 15 is 0 Å². The van der Waals surface area contributed by atoms with Gasteiger partial charge in [0.25, 0.3) is 5.91 Å². The standard InChI is InChI=1S/C12H13NO5/c14-10(15)4-5-13-12(16)8-2-1-3-9-11(8)18-7-6-17-9/h1-3H,4-7H2,(H,13,16)(H,14,15). The van der Waals surface area contributed by atoms with Gasteiger partial charge in [-0.3, -0.25) is 9.59 Å². The summed E-state index contributed by atoms with van der Waals surface area (Å²) < 4.78 is 10.8. The minimum absolute atomic E-state index is 0.0820. The average Bonchev–Trinajstić information content (AvgIpc) is 2.37. The normalized spacial score (nSPS) is 12.9. The van der Waals surface area contributed by atoms with Crippen molar-refractivity contribution in [2.45, 2.75) is 6.42 Å². The number of hydrogen-bond acceptors (Lipinski definition) is 4. The summed E-state index contributed by atoms with van der Waals surface area (Å²) in [5.41, 5.74) is 0.359. The van der Waals surface area contributed by atoms with E-state index in [2.05, 4.69) is 5.32 Å². The highest BCUT2D eigenvalue weighted by atomic mass is 16.6. The largest absolute Gasteiger partial charge is 0.486 e. The number of hydrogen-bond donors (Lipinski definition) is 2. The van der Waals surface area contributed by atoms with Crippen LogP contribution in [0.1, 0.15) is 16.8 Å². The van der Waals surface area contributed by atoms with E-state index in [1.54, 1.807) is 18.2 Å². The number of nitrogens with one attached hydrogen (secondary N) is 1. The fourth-order valence-electron chi connectivity index (χ4n) is 1.63. The minimum atomic E-state index is -0.954. The van der Waals surface area contributed by atoms with Crippen LogP contribution in [0.25, 0.3) is 0 Å². The zero-order chi connectivity index (χ0) is 13.0. The number of carbonyl (C=O) groups excluding carboxylic acids is 1. The van der Waals surface area contributed by atoms with Gasteiger partial charge in [0.15, 0.2) is 11.5 Å². The van der Waals surface area contributed by atoms with E-state index in [1.807, 2.05) is 0 Å². The van der Waals surface area contributed by atoms with Crippen molar-refractivity contribution in [3.63, 3.8) is 0 Å². The molecule has 0 aliphatic carbocycles. The van der Waals surface area contributed by atoms with Crippen LogP contribution >= 0.6 is 0 Å². The summed E-state index contributed by atoms with van der Waals surface area (Å²) in [6.07, 6.45) is -0.113. The number of carbonyl (C=O) groups is 2. The fourth-order valence-corrected chi connectivity index (χ4v) is 1.63. The van der Waals surface area contributed by atoms with Crippen molar-refractivity contribution in [1.82, 2.24) is 5.32 Å². The van der Waals surface area contributed by atoms with E-state index < -0.39 is 5.97 Å². The Morgan fingerprint density at radius 1 is 1.28 bits per heavy atom. The lowest BCUT2D eigenvalue weighted by molar-refractivity contribution is -0.136. The van der Waals surface area contributed by atoms with Crippen molar-refractivity contribution in [1.29, 1.82) is 0 Å². The van der Waals surface area contributed by atoms with Gasteiger partial charge in [-0.25, -0.2) is 0 Å². The van der Waals surface area contributed by atoms with Gasteiger partial charge < -0.3 is 19.9 Å². The van der Waals surface area contributed by atoms with Crippen molar-refractivity contribution >= 4 is 11.9 Å². The maximum Gasteiger partial charge on any atom is 0.305 e. The molecule has 0 spiro atoms. The Hall–Kier alpha value is -2.24. The number of aliphatic carboxylic acids is 1. The van der Waals surface area contributed by atoms with Crippen LogP contribution in [0.15, 0.2) is 18.2 Å². The van der Waals surface area contributed by atoms with Crippen molar-refractivity contribution in [2.75, 3.05) is 19.8 Å². The topological polar surface area (TPSA) is 84.9 Å². The zero-order valence-corrected chi connectivity index (χ0v) is 9.64. The first-order chi connectivity index (χ1) is 8.68. The third kappa shape index (κ3) is 2.71. The maximum atomic E-state index is 11.9. The Balaban J connectivity index is 2.08. The Morgan fingerprint density at radius 3 is 2.83 bits per heavy atom. The van der Waals surface area contributed by atoms with Crippen LogP contribution in [-0.4, -0.2) is 36.7 Å². The molecule has 0 fully saturated rings. The van der Waals surface area contributed by atoms with Crippen molar-refractivity contribution in [3.05, 3.63) is 23.8 Å². The first-order valence-corrected chi connectivity index (χ1v) is 5.57. The first kappa shape index (κ1) is 12.2. The molecule has 2 rings (SSSR count). The van der Waals surface area contributed by atoms with Gasteiger partial charge in [0.05, 0.1) is 12.0 Å². The van der Waals surface area contributed by atoms with Crippen molar-refractivity contribution < 1.29 is 24.2 Å². The number of amides is 1. The molecular formula is C12H13NO5. The van der Waals surface area contributed by atoms with Crippen LogP contribution in [0.4, 0.5) is 0 Å². The van der Waals surface area contributed by atoms with Crippen LogP contribution in [0.2, 0.25) is 0 Å². The van der Waals surface area contributed by atoms with E-state index in [0.29, 0.717) is 30.3 Å². The molecule has 1 heterocycles. The highest BCUT2D eigenvalue weighted by Gasteiger charge is 2.19. The number of para-hydroxylation sites is 1. The van der Waals surface area contributed by atoms with E-state index in [-0.39, 0.29) is 18.9 Å². The molecule has 0 bridgehead atoms. The van der Waals surface area contributed by atoms with E-state index in [9.17, 15) is 9.59 Å². The average molecular weight is 251 g/mol. The summed E-state index contributed by atoms with van der Waals surface area (Å²) in [5.74, 6) is -0.368. The second kappa shape index (κ2) is 5.39. The quantitative estimate of drug-likeness (QED) is 0.821. The van der Waals surface area contributed by atoms with Gasteiger partial charge in [0.1, 0.15) is 13.2 Å².